The molecule has 0 bridgehead atoms. The van der Waals surface area contributed by atoms with Crippen molar-refractivity contribution in [1.82, 2.24) is 20.2 Å². The van der Waals surface area contributed by atoms with Gasteiger partial charge in [0, 0.05) is 14.1 Å². The standard InChI is InChI=1S/C7H8Cl2N4O2/c1-10-7(15)13(2)6(14)5-11-3(8)4(9)12-5/h1-2H3,(H,10,15)(H,11,12). The minimum Gasteiger partial charge on any atom is -0.341 e. The first-order valence-corrected chi connectivity index (χ1v) is 4.63. The number of imidazole rings is 1. The van der Waals surface area contributed by atoms with Gasteiger partial charge in [-0.25, -0.2) is 9.78 Å². The van der Waals surface area contributed by atoms with Crippen molar-refractivity contribution < 1.29 is 9.59 Å². The molecule has 0 fully saturated rings. The highest BCUT2D eigenvalue weighted by Gasteiger charge is 2.21. The Hall–Kier alpha value is -1.27. The van der Waals surface area contributed by atoms with Gasteiger partial charge < -0.3 is 10.3 Å². The molecule has 1 aromatic rings. The molecule has 0 aliphatic carbocycles. The van der Waals surface area contributed by atoms with Crippen LogP contribution in [0.4, 0.5) is 4.79 Å². The third-order valence-electron chi connectivity index (χ3n) is 1.64. The number of hydrogen-bond donors (Lipinski definition) is 2. The predicted molar refractivity (Wildman–Crippen MR) is 55.2 cm³/mol. The van der Waals surface area contributed by atoms with E-state index in [1.165, 1.54) is 14.1 Å². The summed E-state index contributed by atoms with van der Waals surface area (Å²) in [5.74, 6) is -0.709. The number of amides is 3. The van der Waals surface area contributed by atoms with Gasteiger partial charge in [0.2, 0.25) is 0 Å². The van der Waals surface area contributed by atoms with E-state index >= 15 is 0 Å². The molecule has 15 heavy (non-hydrogen) atoms. The molecule has 82 valence electrons. The van der Waals surface area contributed by atoms with Gasteiger partial charge >= 0.3 is 6.03 Å². The van der Waals surface area contributed by atoms with Gasteiger partial charge in [-0.05, 0) is 0 Å². The summed E-state index contributed by atoms with van der Waals surface area (Å²) in [4.78, 5) is 29.6. The number of aromatic amines is 1. The SMILES string of the molecule is CNC(=O)N(C)C(=O)c1nc(Cl)c(Cl)[nH]1. The number of halogens is 2. The average molecular weight is 251 g/mol. The van der Waals surface area contributed by atoms with Crippen molar-refractivity contribution in [1.29, 1.82) is 0 Å². The van der Waals surface area contributed by atoms with Gasteiger partial charge in [-0.15, -0.1) is 0 Å². The first-order valence-electron chi connectivity index (χ1n) is 3.88. The van der Waals surface area contributed by atoms with Gasteiger partial charge in [0.15, 0.2) is 11.0 Å². The number of H-pyrrole nitrogens is 1. The molecular weight excluding hydrogens is 243 g/mol. The van der Waals surface area contributed by atoms with E-state index in [-0.39, 0.29) is 16.1 Å². The zero-order valence-corrected chi connectivity index (χ0v) is 9.48. The Balaban J connectivity index is 2.90. The van der Waals surface area contributed by atoms with Crippen LogP contribution in [-0.4, -0.2) is 40.9 Å². The van der Waals surface area contributed by atoms with Crippen LogP contribution in [0, 0.1) is 0 Å². The normalized spacial score (nSPS) is 9.87. The summed E-state index contributed by atoms with van der Waals surface area (Å²) in [6.07, 6.45) is 0. The Bertz CT molecular complexity index is 384. The van der Waals surface area contributed by atoms with Crippen LogP contribution >= 0.6 is 23.2 Å². The molecule has 0 spiro atoms. The lowest BCUT2D eigenvalue weighted by atomic mass is 10.5. The van der Waals surface area contributed by atoms with Gasteiger partial charge in [-0.3, -0.25) is 9.69 Å². The van der Waals surface area contributed by atoms with Gasteiger partial charge in [-0.1, -0.05) is 23.2 Å². The molecule has 2 N–H and O–H groups in total. The predicted octanol–water partition coefficient (Wildman–Crippen LogP) is 1.13. The van der Waals surface area contributed by atoms with Crippen molar-refractivity contribution in [3.63, 3.8) is 0 Å². The van der Waals surface area contributed by atoms with E-state index in [0.29, 0.717) is 0 Å². The van der Waals surface area contributed by atoms with Crippen LogP contribution in [0.1, 0.15) is 10.6 Å². The highest BCUT2D eigenvalue weighted by Crippen LogP contribution is 2.18. The minimum absolute atomic E-state index is 0.00896. The molecule has 0 unspecified atom stereocenters. The van der Waals surface area contributed by atoms with Crippen LogP contribution in [0.2, 0.25) is 10.3 Å². The first-order chi connectivity index (χ1) is 6.97. The molecule has 0 aliphatic heterocycles. The second-order valence-corrected chi connectivity index (χ2v) is 3.35. The van der Waals surface area contributed by atoms with Gasteiger partial charge in [0.1, 0.15) is 5.15 Å². The number of carbonyl (C=O) groups excluding carboxylic acids is 2. The summed E-state index contributed by atoms with van der Waals surface area (Å²) in [5.41, 5.74) is 0. The maximum Gasteiger partial charge on any atom is 0.323 e. The van der Waals surface area contributed by atoms with Crippen molar-refractivity contribution >= 4 is 35.1 Å². The number of rotatable bonds is 1. The van der Waals surface area contributed by atoms with Crippen LogP contribution in [0.5, 0.6) is 0 Å². The van der Waals surface area contributed by atoms with E-state index in [4.69, 9.17) is 23.2 Å². The monoisotopic (exact) mass is 250 g/mol. The summed E-state index contributed by atoms with van der Waals surface area (Å²) in [7, 11) is 2.72. The lowest BCUT2D eigenvalue weighted by molar-refractivity contribution is 0.0822. The van der Waals surface area contributed by atoms with Crippen molar-refractivity contribution in [3.05, 3.63) is 16.1 Å². The number of urea groups is 1. The summed E-state index contributed by atoms with van der Waals surface area (Å²) in [5, 5.41) is 2.35. The summed E-state index contributed by atoms with van der Waals surface area (Å²) < 4.78 is 0. The van der Waals surface area contributed by atoms with Crippen molar-refractivity contribution in [2.45, 2.75) is 0 Å². The van der Waals surface area contributed by atoms with E-state index < -0.39 is 11.9 Å². The molecule has 3 amide bonds. The van der Waals surface area contributed by atoms with Crippen molar-refractivity contribution in [2.75, 3.05) is 14.1 Å². The number of carbonyl (C=O) groups is 2. The highest BCUT2D eigenvalue weighted by atomic mass is 35.5. The van der Waals surface area contributed by atoms with Gasteiger partial charge in [-0.2, -0.15) is 0 Å². The highest BCUT2D eigenvalue weighted by molar-refractivity contribution is 6.40. The molecule has 1 aromatic heterocycles. The summed E-state index contributed by atoms with van der Waals surface area (Å²) in [6.45, 7) is 0. The second-order valence-electron chi connectivity index (χ2n) is 2.61. The fourth-order valence-electron chi connectivity index (χ4n) is 0.851. The van der Waals surface area contributed by atoms with Gasteiger partial charge in [0.05, 0.1) is 0 Å². The molecule has 0 atom stereocenters. The fraction of sp³-hybridized carbons (Fsp3) is 0.286. The fourth-order valence-corrected chi connectivity index (χ4v) is 1.11. The molecule has 0 radical (unpaired) electrons. The number of nitrogens with zero attached hydrogens (tertiary/aromatic N) is 2. The third kappa shape index (κ3) is 2.40. The van der Waals surface area contributed by atoms with E-state index in [0.717, 1.165) is 4.90 Å². The molecule has 1 heterocycles. The lowest BCUT2D eigenvalue weighted by Crippen LogP contribution is -2.39. The Morgan fingerprint density at radius 1 is 1.47 bits per heavy atom. The van der Waals surface area contributed by atoms with Crippen LogP contribution in [0.15, 0.2) is 0 Å². The molecule has 0 saturated carbocycles. The summed E-state index contributed by atoms with van der Waals surface area (Å²) in [6, 6.07) is -0.552. The summed E-state index contributed by atoms with van der Waals surface area (Å²) >= 11 is 11.1. The van der Waals surface area contributed by atoms with E-state index in [2.05, 4.69) is 15.3 Å². The molecule has 1 rings (SSSR count). The average Bonchev–Trinajstić information content (AvgIpc) is 2.56. The smallest absolute Gasteiger partial charge is 0.323 e. The Morgan fingerprint density at radius 2 is 2.07 bits per heavy atom. The molecular formula is C7H8Cl2N4O2. The topological polar surface area (TPSA) is 78.1 Å². The maximum absolute atomic E-state index is 11.6. The Morgan fingerprint density at radius 3 is 2.47 bits per heavy atom. The maximum atomic E-state index is 11.6. The lowest BCUT2D eigenvalue weighted by Gasteiger charge is -2.12. The van der Waals surface area contributed by atoms with Crippen LogP contribution in [0.3, 0.4) is 0 Å². The molecule has 0 aromatic carbocycles. The number of imide groups is 1. The number of hydrogen-bond acceptors (Lipinski definition) is 3. The molecule has 8 heteroatoms. The number of nitrogens with one attached hydrogen (secondary N) is 2. The van der Waals surface area contributed by atoms with Crippen molar-refractivity contribution in [3.8, 4) is 0 Å². The quantitative estimate of drug-likeness (QED) is 0.785. The van der Waals surface area contributed by atoms with Crippen LogP contribution in [-0.2, 0) is 0 Å². The third-order valence-corrected chi connectivity index (χ3v) is 2.29. The zero-order chi connectivity index (χ0) is 11.6. The molecule has 0 saturated heterocycles. The van der Waals surface area contributed by atoms with Crippen LogP contribution < -0.4 is 5.32 Å². The first kappa shape index (κ1) is 11.8. The van der Waals surface area contributed by atoms with Crippen LogP contribution in [0.25, 0.3) is 0 Å². The Kier molecular flexibility index (Phi) is 3.54. The largest absolute Gasteiger partial charge is 0.341 e. The number of aromatic nitrogens is 2. The Labute approximate surface area is 95.6 Å². The molecule has 0 aliphatic rings. The van der Waals surface area contributed by atoms with E-state index in [1.54, 1.807) is 0 Å². The van der Waals surface area contributed by atoms with Crippen molar-refractivity contribution in [2.24, 2.45) is 0 Å². The van der Waals surface area contributed by atoms with E-state index in [1.807, 2.05) is 0 Å². The zero-order valence-electron chi connectivity index (χ0n) is 7.97. The van der Waals surface area contributed by atoms with E-state index in [9.17, 15) is 9.59 Å². The molecule has 6 nitrogen and oxygen atoms in total. The second kappa shape index (κ2) is 4.50. The van der Waals surface area contributed by atoms with Gasteiger partial charge in [0.25, 0.3) is 5.91 Å². The minimum atomic E-state index is -0.622.